The molecule has 0 amide bonds. The Hall–Kier alpha value is -0.470. The maximum absolute atomic E-state index is 12.7. The second-order valence-corrected chi connectivity index (χ2v) is 8.97. The first-order chi connectivity index (χ1) is 9.95. The van der Waals surface area contributed by atoms with Crippen molar-refractivity contribution < 1.29 is 8.42 Å². The number of piperidine rings is 1. The van der Waals surface area contributed by atoms with Gasteiger partial charge in [-0.05, 0) is 45.1 Å². The minimum atomic E-state index is -3.37. The topological polar surface area (TPSA) is 52.7 Å². The van der Waals surface area contributed by atoms with Crippen LogP contribution < -0.4 is 5.32 Å². The van der Waals surface area contributed by atoms with E-state index in [2.05, 4.69) is 10.2 Å². The number of nitrogens with zero attached hydrogens (tertiary/aromatic N) is 2. The number of likely N-dealkylation sites (tertiary alicyclic amines) is 1. The number of hydrogen-bond donors (Lipinski definition) is 1. The summed E-state index contributed by atoms with van der Waals surface area (Å²) in [6.45, 7) is 5.51. The van der Waals surface area contributed by atoms with Crippen LogP contribution in [0.5, 0.6) is 0 Å². The van der Waals surface area contributed by atoms with Gasteiger partial charge in [-0.3, -0.25) is 0 Å². The van der Waals surface area contributed by atoms with Crippen molar-refractivity contribution >= 4 is 21.4 Å². The zero-order chi connectivity index (χ0) is 15.5. The SMILES string of the molecule is CCNCc1ccc(S(=O)(=O)N(C)C2CCCN(C)C2)s1. The average molecular weight is 332 g/mol. The molecule has 0 aromatic carbocycles. The Balaban J connectivity index is 2.11. The van der Waals surface area contributed by atoms with E-state index in [0.29, 0.717) is 4.21 Å². The number of sulfonamides is 1. The fourth-order valence-electron chi connectivity index (χ4n) is 2.61. The summed E-state index contributed by atoms with van der Waals surface area (Å²) in [6, 6.07) is 3.71. The molecule has 1 saturated heterocycles. The van der Waals surface area contributed by atoms with E-state index < -0.39 is 10.0 Å². The predicted molar refractivity (Wildman–Crippen MR) is 87.2 cm³/mol. The molecule has 1 N–H and O–H groups in total. The third kappa shape index (κ3) is 4.04. The number of likely N-dealkylation sites (N-methyl/N-ethyl adjacent to an activating group) is 2. The maximum atomic E-state index is 12.7. The molecule has 0 saturated carbocycles. The Kier molecular flexibility index (Phi) is 5.79. The highest BCUT2D eigenvalue weighted by molar-refractivity contribution is 7.91. The molecule has 2 rings (SSSR count). The van der Waals surface area contributed by atoms with Crippen LogP contribution in [0.2, 0.25) is 0 Å². The van der Waals surface area contributed by atoms with Crippen molar-refractivity contribution in [2.45, 2.75) is 36.6 Å². The van der Waals surface area contributed by atoms with Crippen LogP contribution in [-0.2, 0) is 16.6 Å². The van der Waals surface area contributed by atoms with Crippen LogP contribution >= 0.6 is 11.3 Å². The number of thiophene rings is 1. The molecule has 0 bridgehead atoms. The van der Waals surface area contributed by atoms with Crippen molar-refractivity contribution in [3.05, 3.63) is 17.0 Å². The van der Waals surface area contributed by atoms with Gasteiger partial charge in [-0.25, -0.2) is 8.42 Å². The molecular formula is C14H25N3O2S2. The molecule has 1 aromatic rings. The van der Waals surface area contributed by atoms with Crippen LogP contribution in [0.4, 0.5) is 0 Å². The lowest BCUT2D eigenvalue weighted by Gasteiger charge is -2.34. The van der Waals surface area contributed by atoms with E-state index in [-0.39, 0.29) is 6.04 Å². The van der Waals surface area contributed by atoms with Gasteiger partial charge >= 0.3 is 0 Å². The molecule has 1 aliphatic rings. The van der Waals surface area contributed by atoms with Gasteiger partial charge in [0.05, 0.1) is 0 Å². The Morgan fingerprint density at radius 2 is 2.24 bits per heavy atom. The van der Waals surface area contributed by atoms with E-state index in [0.717, 1.165) is 43.9 Å². The van der Waals surface area contributed by atoms with Crippen LogP contribution in [0.15, 0.2) is 16.3 Å². The Labute approximate surface area is 132 Å². The lowest BCUT2D eigenvalue weighted by atomic mass is 10.1. The third-order valence-corrected chi connectivity index (χ3v) is 7.40. The molecule has 7 heteroatoms. The molecular weight excluding hydrogens is 306 g/mol. The molecule has 0 aliphatic carbocycles. The monoisotopic (exact) mass is 331 g/mol. The zero-order valence-electron chi connectivity index (χ0n) is 13.0. The normalized spacial score (nSPS) is 21.0. The quantitative estimate of drug-likeness (QED) is 0.860. The highest BCUT2D eigenvalue weighted by Crippen LogP contribution is 2.27. The van der Waals surface area contributed by atoms with Crippen LogP contribution in [0.1, 0.15) is 24.6 Å². The van der Waals surface area contributed by atoms with Gasteiger partial charge in [0.2, 0.25) is 0 Å². The largest absolute Gasteiger partial charge is 0.312 e. The lowest BCUT2D eigenvalue weighted by Crippen LogP contribution is -2.47. The number of rotatable bonds is 6. The van der Waals surface area contributed by atoms with Crippen LogP contribution in [0, 0.1) is 0 Å². The average Bonchev–Trinajstić information content (AvgIpc) is 2.93. The van der Waals surface area contributed by atoms with Gasteiger partial charge in [0.25, 0.3) is 10.0 Å². The molecule has 1 aromatic heterocycles. The first-order valence-corrected chi connectivity index (χ1v) is 9.66. The Morgan fingerprint density at radius 3 is 2.90 bits per heavy atom. The fourth-order valence-corrected chi connectivity index (χ4v) is 5.50. The molecule has 120 valence electrons. The van der Waals surface area contributed by atoms with Crippen molar-refractivity contribution in [2.24, 2.45) is 0 Å². The van der Waals surface area contributed by atoms with Crippen molar-refractivity contribution in [2.75, 3.05) is 33.7 Å². The van der Waals surface area contributed by atoms with Crippen LogP contribution in [0.25, 0.3) is 0 Å². The summed E-state index contributed by atoms with van der Waals surface area (Å²) in [6.07, 6.45) is 1.99. The molecule has 5 nitrogen and oxygen atoms in total. The number of nitrogens with one attached hydrogen (secondary N) is 1. The van der Waals surface area contributed by atoms with Crippen LogP contribution in [-0.4, -0.2) is 57.4 Å². The molecule has 1 fully saturated rings. The first kappa shape index (κ1) is 16.9. The molecule has 1 unspecified atom stereocenters. The van der Waals surface area contributed by atoms with E-state index in [1.54, 1.807) is 17.4 Å². The minimum absolute atomic E-state index is 0.0769. The van der Waals surface area contributed by atoms with Crippen molar-refractivity contribution in [1.29, 1.82) is 0 Å². The van der Waals surface area contributed by atoms with Crippen molar-refractivity contribution in [1.82, 2.24) is 14.5 Å². The third-order valence-electron chi connectivity index (χ3n) is 3.93. The van der Waals surface area contributed by atoms with Gasteiger partial charge in [-0.2, -0.15) is 4.31 Å². The standard InChI is InChI=1S/C14H25N3O2S2/c1-4-15-10-13-7-8-14(20-13)21(18,19)17(3)12-6-5-9-16(2)11-12/h7-8,12,15H,4-6,9-11H2,1-3H3. The Morgan fingerprint density at radius 1 is 1.48 bits per heavy atom. The highest BCUT2D eigenvalue weighted by atomic mass is 32.2. The zero-order valence-corrected chi connectivity index (χ0v) is 14.6. The van der Waals surface area contributed by atoms with Gasteiger partial charge < -0.3 is 10.2 Å². The summed E-state index contributed by atoms with van der Waals surface area (Å²) >= 11 is 1.37. The lowest BCUT2D eigenvalue weighted by molar-refractivity contribution is 0.188. The van der Waals surface area contributed by atoms with E-state index in [1.165, 1.54) is 11.3 Å². The smallest absolute Gasteiger partial charge is 0.252 e. The first-order valence-electron chi connectivity index (χ1n) is 7.41. The second-order valence-electron chi connectivity index (χ2n) is 5.58. The van der Waals surface area contributed by atoms with Gasteiger partial charge in [0.15, 0.2) is 0 Å². The number of hydrogen-bond acceptors (Lipinski definition) is 5. The minimum Gasteiger partial charge on any atom is -0.312 e. The van der Waals surface area contributed by atoms with Gasteiger partial charge in [-0.15, -0.1) is 11.3 Å². The molecule has 2 heterocycles. The van der Waals surface area contributed by atoms with Gasteiger partial charge in [0, 0.05) is 31.1 Å². The van der Waals surface area contributed by atoms with E-state index >= 15 is 0 Å². The van der Waals surface area contributed by atoms with Crippen molar-refractivity contribution in [3.63, 3.8) is 0 Å². The highest BCUT2D eigenvalue weighted by Gasteiger charge is 2.31. The summed E-state index contributed by atoms with van der Waals surface area (Å²) in [5.41, 5.74) is 0. The van der Waals surface area contributed by atoms with Gasteiger partial charge in [0.1, 0.15) is 4.21 Å². The van der Waals surface area contributed by atoms with Gasteiger partial charge in [-0.1, -0.05) is 6.92 Å². The van der Waals surface area contributed by atoms with E-state index in [9.17, 15) is 8.42 Å². The summed E-state index contributed by atoms with van der Waals surface area (Å²) in [5.74, 6) is 0. The summed E-state index contributed by atoms with van der Waals surface area (Å²) in [4.78, 5) is 3.26. The molecule has 21 heavy (non-hydrogen) atoms. The predicted octanol–water partition coefficient (Wildman–Crippen LogP) is 1.57. The van der Waals surface area contributed by atoms with Crippen LogP contribution in [0.3, 0.4) is 0 Å². The molecule has 1 aliphatic heterocycles. The summed E-state index contributed by atoms with van der Waals surface area (Å²) in [5, 5.41) is 3.22. The Bertz CT molecular complexity index is 556. The molecule has 0 spiro atoms. The van der Waals surface area contributed by atoms with Crippen molar-refractivity contribution in [3.8, 4) is 0 Å². The van der Waals surface area contributed by atoms with E-state index in [4.69, 9.17) is 0 Å². The molecule has 1 atom stereocenters. The molecule has 0 radical (unpaired) electrons. The summed E-state index contributed by atoms with van der Waals surface area (Å²) in [7, 11) is 0.390. The summed E-state index contributed by atoms with van der Waals surface area (Å²) < 4.78 is 27.5. The second kappa shape index (κ2) is 7.19. The fraction of sp³-hybridized carbons (Fsp3) is 0.714. The maximum Gasteiger partial charge on any atom is 0.252 e. The van der Waals surface area contributed by atoms with E-state index in [1.807, 2.05) is 20.0 Å².